The van der Waals surface area contributed by atoms with Crippen molar-refractivity contribution in [3.8, 4) is 6.07 Å². The van der Waals surface area contributed by atoms with Crippen molar-refractivity contribution in [2.75, 3.05) is 35.2 Å². The van der Waals surface area contributed by atoms with E-state index in [1.807, 2.05) is 23.2 Å². The van der Waals surface area contributed by atoms with Gasteiger partial charge in [-0.15, -0.1) is 0 Å². The fourth-order valence-electron chi connectivity index (χ4n) is 4.33. The van der Waals surface area contributed by atoms with Gasteiger partial charge >= 0.3 is 0 Å². The number of piperidine rings is 1. The number of carbonyl (C=O) groups is 1. The highest BCUT2D eigenvalue weighted by atomic mass is 32.2. The molecule has 1 saturated heterocycles. The van der Waals surface area contributed by atoms with Crippen molar-refractivity contribution in [3.63, 3.8) is 0 Å². The summed E-state index contributed by atoms with van der Waals surface area (Å²) in [5.74, 6) is 0.711. The number of nitrogen functional groups attached to an aromatic ring is 1. The lowest BCUT2D eigenvalue weighted by Gasteiger charge is -2.30. The summed E-state index contributed by atoms with van der Waals surface area (Å²) in [6.45, 7) is 1.74. The second kappa shape index (κ2) is 8.36. The molecule has 3 aliphatic heterocycles. The lowest BCUT2D eigenvalue weighted by molar-refractivity contribution is -0.114. The predicted molar refractivity (Wildman–Crippen MR) is 124 cm³/mol. The Bertz CT molecular complexity index is 1130. The van der Waals surface area contributed by atoms with Gasteiger partial charge in [0.05, 0.1) is 17.0 Å². The smallest absolute Gasteiger partial charge is 0.266 e. The number of carbonyl (C=O) groups excluding carboxylic acids is 1. The van der Waals surface area contributed by atoms with Crippen LogP contribution in [0.1, 0.15) is 35.8 Å². The first-order valence-electron chi connectivity index (χ1n) is 10.7. The molecule has 0 aliphatic carbocycles. The van der Waals surface area contributed by atoms with Crippen LogP contribution in [-0.2, 0) is 4.79 Å². The van der Waals surface area contributed by atoms with Crippen molar-refractivity contribution >= 4 is 34.9 Å². The minimum Gasteiger partial charge on any atom is -0.398 e. The number of nitrogens with two attached hydrogens (primary N) is 1. The first-order chi connectivity index (χ1) is 15.5. The number of anilines is 3. The number of pyridine rings is 1. The largest absolute Gasteiger partial charge is 0.398 e. The lowest BCUT2D eigenvalue weighted by Crippen LogP contribution is -2.37. The van der Waals surface area contributed by atoms with E-state index in [9.17, 15) is 14.4 Å². The summed E-state index contributed by atoms with van der Waals surface area (Å²) in [5, 5.41) is 12.6. The van der Waals surface area contributed by atoms with Gasteiger partial charge in [-0.1, -0.05) is 17.8 Å². The average molecular weight is 451 g/mol. The number of hydrogen-bond acceptors (Lipinski definition) is 7. The number of amides is 1. The summed E-state index contributed by atoms with van der Waals surface area (Å²) < 4.78 is 13.7. The van der Waals surface area contributed by atoms with Gasteiger partial charge in [0, 0.05) is 48.3 Å². The minimum absolute atomic E-state index is 0.0770. The van der Waals surface area contributed by atoms with Gasteiger partial charge in [-0.3, -0.25) is 4.79 Å². The van der Waals surface area contributed by atoms with E-state index in [0.29, 0.717) is 47.8 Å². The zero-order valence-electron chi connectivity index (χ0n) is 17.4. The number of hydrogen-bond donors (Lipinski definition) is 2. The van der Waals surface area contributed by atoms with Crippen molar-refractivity contribution in [1.29, 1.82) is 5.26 Å². The molecule has 2 atom stereocenters. The molecule has 4 heterocycles. The molecule has 1 aromatic heterocycles. The number of halogens is 1. The number of nitrogens with zero attached hydrogens (tertiary/aromatic N) is 4. The maximum absolute atomic E-state index is 13.7. The molecule has 7 nitrogen and oxygen atoms in total. The zero-order chi connectivity index (χ0) is 22.2. The number of nitriles is 1. The van der Waals surface area contributed by atoms with Crippen LogP contribution in [0.5, 0.6) is 0 Å². The number of thioether (sulfide) groups is 1. The molecule has 5 rings (SSSR count). The Morgan fingerprint density at radius 2 is 2.16 bits per heavy atom. The minimum atomic E-state index is -0.799. The van der Waals surface area contributed by atoms with Crippen LogP contribution in [0.15, 0.2) is 47.1 Å². The van der Waals surface area contributed by atoms with Crippen LogP contribution in [0.4, 0.5) is 21.6 Å². The molecule has 1 fully saturated rings. The molecule has 0 radical (unpaired) electrons. The molecule has 1 aromatic carbocycles. The SMILES string of the molecule is N#Cc1cc(N2CCC3=C(SC(c4ccc(N5CCCC(F)C5)nc4)N3)C2=O)ccc1N. The maximum atomic E-state index is 13.7. The second-order valence-corrected chi connectivity index (χ2v) is 9.29. The van der Waals surface area contributed by atoms with Gasteiger partial charge in [0.15, 0.2) is 0 Å². The summed E-state index contributed by atoms with van der Waals surface area (Å²) in [4.78, 5) is 22.1. The monoisotopic (exact) mass is 450 g/mol. The summed E-state index contributed by atoms with van der Waals surface area (Å²) in [7, 11) is 0. The number of aromatic nitrogens is 1. The van der Waals surface area contributed by atoms with Gasteiger partial charge < -0.3 is 20.9 Å². The fourth-order valence-corrected chi connectivity index (χ4v) is 5.56. The van der Waals surface area contributed by atoms with Gasteiger partial charge in [0.2, 0.25) is 0 Å². The van der Waals surface area contributed by atoms with Gasteiger partial charge in [-0.2, -0.15) is 5.26 Å². The zero-order valence-corrected chi connectivity index (χ0v) is 18.2. The first kappa shape index (κ1) is 20.6. The summed E-state index contributed by atoms with van der Waals surface area (Å²) in [6.07, 6.45) is 3.17. The highest BCUT2D eigenvalue weighted by molar-refractivity contribution is 8.04. The van der Waals surface area contributed by atoms with Gasteiger partial charge in [-0.25, -0.2) is 9.37 Å². The molecule has 2 aromatic rings. The molecule has 0 bridgehead atoms. The number of nitrogens with one attached hydrogen (secondary N) is 1. The third-order valence-corrected chi connectivity index (χ3v) is 7.35. The van der Waals surface area contributed by atoms with Gasteiger partial charge in [-0.05, 0) is 37.1 Å². The van der Waals surface area contributed by atoms with E-state index >= 15 is 0 Å². The van der Waals surface area contributed by atoms with Crippen LogP contribution < -0.4 is 20.9 Å². The van der Waals surface area contributed by atoms with E-state index in [1.165, 1.54) is 11.8 Å². The van der Waals surface area contributed by atoms with Crippen molar-refractivity contribution in [2.45, 2.75) is 30.8 Å². The Kier molecular flexibility index (Phi) is 5.39. The van der Waals surface area contributed by atoms with Crippen molar-refractivity contribution in [2.24, 2.45) is 0 Å². The Morgan fingerprint density at radius 1 is 1.28 bits per heavy atom. The van der Waals surface area contributed by atoms with E-state index in [-0.39, 0.29) is 11.3 Å². The van der Waals surface area contributed by atoms with Crippen molar-refractivity contribution in [3.05, 3.63) is 58.3 Å². The van der Waals surface area contributed by atoms with Crippen LogP contribution in [0.2, 0.25) is 0 Å². The van der Waals surface area contributed by atoms with Crippen LogP contribution >= 0.6 is 11.8 Å². The molecule has 32 heavy (non-hydrogen) atoms. The molecular formula is C23H23FN6OS. The normalized spacial score (nSPS) is 23.1. The average Bonchev–Trinajstić information content (AvgIpc) is 3.25. The third kappa shape index (κ3) is 3.75. The number of alkyl halides is 1. The fraction of sp³-hybridized carbons (Fsp3) is 0.348. The molecule has 0 saturated carbocycles. The summed E-state index contributed by atoms with van der Waals surface area (Å²) >= 11 is 1.48. The topological polar surface area (TPSA) is 98.3 Å². The molecule has 0 spiro atoms. The van der Waals surface area contributed by atoms with E-state index in [4.69, 9.17) is 5.73 Å². The molecular weight excluding hydrogens is 427 g/mol. The maximum Gasteiger partial charge on any atom is 0.266 e. The standard InChI is InChI=1S/C23H23FN6OS/c24-16-2-1-8-29(13-16)20-6-3-14(12-27-20)22-28-19-7-9-30(23(31)21(19)32-22)17-4-5-18(26)15(10-17)11-25/h3-6,10,12,16,22,28H,1-2,7-9,13,26H2. The quantitative estimate of drug-likeness (QED) is 0.691. The third-order valence-electron chi connectivity index (χ3n) is 6.07. The first-order valence-corrected chi connectivity index (χ1v) is 11.5. The Balaban J connectivity index is 1.29. The van der Waals surface area contributed by atoms with Crippen LogP contribution in [0.25, 0.3) is 0 Å². The van der Waals surface area contributed by atoms with E-state index in [1.54, 1.807) is 23.1 Å². The van der Waals surface area contributed by atoms with Crippen LogP contribution in [-0.4, -0.2) is 36.7 Å². The molecule has 2 unspecified atom stereocenters. The van der Waals surface area contributed by atoms with Crippen molar-refractivity contribution < 1.29 is 9.18 Å². The highest BCUT2D eigenvalue weighted by Gasteiger charge is 2.36. The summed E-state index contributed by atoms with van der Waals surface area (Å²) in [6, 6.07) is 11.1. The van der Waals surface area contributed by atoms with E-state index in [0.717, 1.165) is 30.0 Å². The molecule has 164 valence electrons. The van der Waals surface area contributed by atoms with Crippen LogP contribution in [0, 0.1) is 11.3 Å². The Labute approximate surface area is 190 Å². The Morgan fingerprint density at radius 3 is 2.91 bits per heavy atom. The Hall–Kier alpha value is -3.25. The van der Waals surface area contributed by atoms with Crippen LogP contribution in [0.3, 0.4) is 0 Å². The van der Waals surface area contributed by atoms with Crippen molar-refractivity contribution in [1.82, 2.24) is 10.3 Å². The lowest BCUT2D eigenvalue weighted by atomic mass is 10.1. The summed E-state index contributed by atoms with van der Waals surface area (Å²) in [5.41, 5.74) is 9.18. The van der Waals surface area contributed by atoms with E-state index in [2.05, 4.69) is 16.4 Å². The van der Waals surface area contributed by atoms with Gasteiger partial charge in [0.1, 0.15) is 23.4 Å². The predicted octanol–water partition coefficient (Wildman–Crippen LogP) is 3.46. The molecule has 9 heteroatoms. The molecule has 3 N–H and O–H groups in total. The number of benzene rings is 1. The highest BCUT2D eigenvalue weighted by Crippen LogP contribution is 2.44. The second-order valence-electron chi connectivity index (χ2n) is 8.18. The number of rotatable bonds is 3. The molecule has 1 amide bonds. The van der Waals surface area contributed by atoms with E-state index < -0.39 is 6.17 Å². The molecule has 3 aliphatic rings. The van der Waals surface area contributed by atoms with Gasteiger partial charge in [0.25, 0.3) is 5.91 Å².